The van der Waals surface area contributed by atoms with Crippen molar-refractivity contribution in [3.8, 4) is 0 Å². The van der Waals surface area contributed by atoms with E-state index in [1.165, 1.54) is 31.0 Å². The lowest BCUT2D eigenvalue weighted by Crippen LogP contribution is -2.40. The van der Waals surface area contributed by atoms with Crippen molar-refractivity contribution < 1.29 is 4.79 Å². The van der Waals surface area contributed by atoms with Crippen LogP contribution in [0.1, 0.15) is 58.9 Å². The Morgan fingerprint density at radius 2 is 1.87 bits per heavy atom. The summed E-state index contributed by atoms with van der Waals surface area (Å²) in [6, 6.07) is 0.595. The minimum Gasteiger partial charge on any atom is -0.352 e. The van der Waals surface area contributed by atoms with E-state index < -0.39 is 0 Å². The Morgan fingerprint density at radius 1 is 1.22 bits per heavy atom. The van der Waals surface area contributed by atoms with Crippen molar-refractivity contribution in [2.75, 3.05) is 19.0 Å². The second-order valence-electron chi connectivity index (χ2n) is 6.74. The zero-order chi connectivity index (χ0) is 17.0. The molecule has 1 amide bonds. The summed E-state index contributed by atoms with van der Waals surface area (Å²) in [5.41, 5.74) is 0. The predicted molar refractivity (Wildman–Crippen MR) is 95.1 cm³/mol. The second kappa shape index (κ2) is 8.04. The molecule has 1 atom stereocenters. The summed E-state index contributed by atoms with van der Waals surface area (Å²) in [4.78, 5) is 14.4. The predicted octanol–water partition coefficient (Wildman–Crippen LogP) is 2.85. The average Bonchev–Trinajstić information content (AvgIpc) is 2.92. The number of thioether (sulfide) groups is 1. The molecule has 1 N–H and O–H groups in total. The summed E-state index contributed by atoms with van der Waals surface area (Å²) in [6.07, 6.45) is 5.95. The van der Waals surface area contributed by atoms with Gasteiger partial charge in [0.2, 0.25) is 11.9 Å². The first kappa shape index (κ1) is 18.1. The third-order valence-corrected chi connectivity index (χ3v) is 5.22. The molecule has 7 heteroatoms. The number of aromatic nitrogens is 3. The fraction of sp³-hybridized carbons (Fsp3) is 0.812. The van der Waals surface area contributed by atoms with Gasteiger partial charge in [0.1, 0.15) is 0 Å². The van der Waals surface area contributed by atoms with E-state index in [0.717, 1.165) is 23.9 Å². The van der Waals surface area contributed by atoms with Crippen molar-refractivity contribution in [3.05, 3.63) is 0 Å². The molecule has 0 bridgehead atoms. The standard InChI is InChI=1S/C16H29N5OS/c1-11(2)21-15(20(4)5)18-19-16(21)23-12(3)14(22)17-13-9-7-6-8-10-13/h11-13H,6-10H2,1-5H3,(H,17,22). The number of nitrogens with one attached hydrogen (secondary N) is 1. The van der Waals surface area contributed by atoms with Gasteiger partial charge in [-0.25, -0.2) is 0 Å². The van der Waals surface area contributed by atoms with Crippen LogP contribution in [0.4, 0.5) is 5.95 Å². The highest BCUT2D eigenvalue weighted by Crippen LogP contribution is 2.28. The minimum atomic E-state index is -0.173. The van der Waals surface area contributed by atoms with Crippen LogP contribution in [0.5, 0.6) is 0 Å². The smallest absolute Gasteiger partial charge is 0.233 e. The molecule has 1 heterocycles. The molecule has 0 aliphatic heterocycles. The third kappa shape index (κ3) is 4.62. The van der Waals surface area contributed by atoms with Crippen molar-refractivity contribution in [2.24, 2.45) is 0 Å². The maximum absolute atomic E-state index is 12.4. The first-order valence-electron chi connectivity index (χ1n) is 8.49. The first-order chi connectivity index (χ1) is 10.9. The summed E-state index contributed by atoms with van der Waals surface area (Å²) in [7, 11) is 3.91. The summed E-state index contributed by atoms with van der Waals surface area (Å²) in [5.74, 6) is 0.925. The molecule has 0 saturated heterocycles. The van der Waals surface area contributed by atoms with Crippen LogP contribution in [0.25, 0.3) is 0 Å². The van der Waals surface area contributed by atoms with Gasteiger partial charge in [-0.05, 0) is 33.6 Å². The summed E-state index contributed by atoms with van der Waals surface area (Å²) in [6.45, 7) is 6.15. The molecule has 23 heavy (non-hydrogen) atoms. The molecule has 1 aliphatic rings. The highest BCUT2D eigenvalue weighted by molar-refractivity contribution is 8.00. The Labute approximate surface area is 143 Å². The largest absolute Gasteiger partial charge is 0.352 e. The molecular formula is C16H29N5OS. The van der Waals surface area contributed by atoms with E-state index >= 15 is 0 Å². The molecule has 0 spiro atoms. The highest BCUT2D eigenvalue weighted by atomic mass is 32.2. The lowest BCUT2D eigenvalue weighted by Gasteiger charge is -2.24. The Kier molecular flexibility index (Phi) is 6.33. The molecule has 0 radical (unpaired) electrons. The number of carbonyl (C=O) groups is 1. The molecule has 2 rings (SSSR count). The zero-order valence-corrected chi connectivity index (χ0v) is 15.7. The Balaban J connectivity index is 2.01. The molecule has 1 unspecified atom stereocenters. The normalized spacial score (nSPS) is 17.3. The molecule has 0 aromatic carbocycles. The lowest BCUT2D eigenvalue weighted by molar-refractivity contribution is -0.121. The van der Waals surface area contributed by atoms with E-state index in [1.807, 2.05) is 25.9 Å². The van der Waals surface area contributed by atoms with Gasteiger partial charge in [-0.2, -0.15) is 0 Å². The van der Waals surface area contributed by atoms with Gasteiger partial charge in [0.15, 0.2) is 5.16 Å². The van der Waals surface area contributed by atoms with Gasteiger partial charge in [-0.15, -0.1) is 10.2 Å². The van der Waals surface area contributed by atoms with Gasteiger partial charge in [-0.1, -0.05) is 31.0 Å². The van der Waals surface area contributed by atoms with Crippen LogP contribution in [-0.4, -0.2) is 46.1 Å². The van der Waals surface area contributed by atoms with Crippen LogP contribution >= 0.6 is 11.8 Å². The number of amides is 1. The summed E-state index contributed by atoms with van der Waals surface area (Å²) >= 11 is 1.48. The van der Waals surface area contributed by atoms with E-state index in [1.54, 1.807) is 0 Å². The molecule has 1 aliphatic carbocycles. The van der Waals surface area contributed by atoms with Crippen LogP contribution in [0.2, 0.25) is 0 Å². The SMILES string of the molecule is CC(Sc1nnc(N(C)C)n1C(C)C)C(=O)NC1CCCCC1. The van der Waals surface area contributed by atoms with Gasteiger partial charge in [0, 0.05) is 26.2 Å². The Bertz CT molecular complexity index is 523. The second-order valence-corrected chi connectivity index (χ2v) is 8.05. The van der Waals surface area contributed by atoms with E-state index in [2.05, 4.69) is 33.9 Å². The molecule has 130 valence electrons. The van der Waals surface area contributed by atoms with Crippen LogP contribution in [0.3, 0.4) is 0 Å². The number of rotatable bonds is 6. The van der Waals surface area contributed by atoms with Gasteiger partial charge in [-0.3, -0.25) is 9.36 Å². The van der Waals surface area contributed by atoms with Gasteiger partial charge in [0.25, 0.3) is 0 Å². The monoisotopic (exact) mass is 339 g/mol. The summed E-state index contributed by atoms with van der Waals surface area (Å²) < 4.78 is 2.08. The van der Waals surface area contributed by atoms with Gasteiger partial charge >= 0.3 is 0 Å². The average molecular weight is 340 g/mol. The van der Waals surface area contributed by atoms with Crippen molar-refractivity contribution in [1.29, 1.82) is 0 Å². The number of anilines is 1. The van der Waals surface area contributed by atoms with E-state index in [9.17, 15) is 4.79 Å². The number of hydrogen-bond acceptors (Lipinski definition) is 5. The van der Waals surface area contributed by atoms with Crippen LogP contribution in [-0.2, 0) is 4.79 Å². The van der Waals surface area contributed by atoms with Crippen molar-refractivity contribution in [2.45, 2.75) is 75.4 Å². The van der Waals surface area contributed by atoms with Crippen molar-refractivity contribution in [3.63, 3.8) is 0 Å². The fourth-order valence-electron chi connectivity index (χ4n) is 2.88. The lowest BCUT2D eigenvalue weighted by atomic mass is 9.95. The molecular weight excluding hydrogens is 310 g/mol. The molecule has 6 nitrogen and oxygen atoms in total. The third-order valence-electron chi connectivity index (χ3n) is 4.17. The van der Waals surface area contributed by atoms with Gasteiger partial charge < -0.3 is 10.2 Å². The number of nitrogens with zero attached hydrogens (tertiary/aromatic N) is 4. The van der Waals surface area contributed by atoms with Crippen molar-refractivity contribution in [1.82, 2.24) is 20.1 Å². The van der Waals surface area contributed by atoms with E-state index in [0.29, 0.717) is 6.04 Å². The number of hydrogen-bond donors (Lipinski definition) is 1. The number of carbonyl (C=O) groups excluding carboxylic acids is 1. The molecule has 1 aromatic rings. The van der Waals surface area contributed by atoms with Crippen LogP contribution in [0.15, 0.2) is 5.16 Å². The maximum Gasteiger partial charge on any atom is 0.233 e. The first-order valence-corrected chi connectivity index (χ1v) is 9.37. The maximum atomic E-state index is 12.4. The summed E-state index contributed by atoms with van der Waals surface area (Å²) in [5, 5.41) is 12.4. The van der Waals surface area contributed by atoms with E-state index in [-0.39, 0.29) is 17.2 Å². The molecule has 1 saturated carbocycles. The van der Waals surface area contributed by atoms with E-state index in [4.69, 9.17) is 0 Å². The highest BCUT2D eigenvalue weighted by Gasteiger charge is 2.24. The molecule has 1 aromatic heterocycles. The Morgan fingerprint density at radius 3 is 2.43 bits per heavy atom. The quantitative estimate of drug-likeness (QED) is 0.808. The fourth-order valence-corrected chi connectivity index (χ4v) is 3.87. The van der Waals surface area contributed by atoms with Crippen molar-refractivity contribution >= 4 is 23.6 Å². The van der Waals surface area contributed by atoms with Crippen LogP contribution in [0, 0.1) is 0 Å². The zero-order valence-electron chi connectivity index (χ0n) is 14.9. The topological polar surface area (TPSA) is 63.1 Å². The Hall–Kier alpha value is -1.24. The minimum absolute atomic E-state index is 0.103. The molecule has 1 fully saturated rings. The van der Waals surface area contributed by atoms with Gasteiger partial charge in [0.05, 0.1) is 5.25 Å². The van der Waals surface area contributed by atoms with Crippen LogP contribution < -0.4 is 10.2 Å².